The highest BCUT2D eigenvalue weighted by atomic mass is 19.1. The second-order valence-corrected chi connectivity index (χ2v) is 4.46. The molecule has 0 aromatic heterocycles. The van der Waals surface area contributed by atoms with Gasteiger partial charge in [-0.05, 0) is 48.2 Å². The lowest BCUT2D eigenvalue weighted by atomic mass is 9.92. The van der Waals surface area contributed by atoms with E-state index in [1.54, 1.807) is 6.07 Å². The van der Waals surface area contributed by atoms with Crippen molar-refractivity contribution in [2.75, 3.05) is 0 Å². The normalized spacial score (nSPS) is 12.4. The summed E-state index contributed by atoms with van der Waals surface area (Å²) in [6, 6.07) is 12.5. The standard InChI is InChI=1S/C15H17FN2/c1-10-5-3-4-6-13(10)15(18-17)14-9-12(16)8-7-11(14)2/h3-9,15,18H,17H2,1-2H3. The molecule has 0 aliphatic carbocycles. The maximum atomic E-state index is 13.4. The molecule has 3 N–H and O–H groups in total. The summed E-state index contributed by atoms with van der Waals surface area (Å²) in [6.07, 6.45) is 0. The van der Waals surface area contributed by atoms with Crippen LogP contribution >= 0.6 is 0 Å². The maximum absolute atomic E-state index is 13.4. The molecule has 0 bridgehead atoms. The van der Waals surface area contributed by atoms with E-state index in [1.165, 1.54) is 12.1 Å². The Bertz CT molecular complexity index is 552. The lowest BCUT2D eigenvalue weighted by Crippen LogP contribution is -2.30. The fourth-order valence-electron chi connectivity index (χ4n) is 2.18. The van der Waals surface area contributed by atoms with Gasteiger partial charge in [-0.1, -0.05) is 30.3 Å². The molecular weight excluding hydrogens is 227 g/mol. The first-order chi connectivity index (χ1) is 8.63. The lowest BCUT2D eigenvalue weighted by molar-refractivity contribution is 0.601. The smallest absolute Gasteiger partial charge is 0.123 e. The van der Waals surface area contributed by atoms with Crippen molar-refractivity contribution in [3.8, 4) is 0 Å². The summed E-state index contributed by atoms with van der Waals surface area (Å²) in [4.78, 5) is 0. The fourth-order valence-corrected chi connectivity index (χ4v) is 2.18. The molecule has 3 heteroatoms. The van der Waals surface area contributed by atoms with Crippen LogP contribution in [-0.2, 0) is 0 Å². The summed E-state index contributed by atoms with van der Waals surface area (Å²) < 4.78 is 13.4. The van der Waals surface area contributed by atoms with E-state index < -0.39 is 0 Å². The number of hydrazine groups is 1. The number of aryl methyl sites for hydroxylation is 2. The van der Waals surface area contributed by atoms with Crippen LogP contribution in [0.15, 0.2) is 42.5 Å². The molecule has 1 unspecified atom stereocenters. The monoisotopic (exact) mass is 244 g/mol. The Hall–Kier alpha value is -1.71. The van der Waals surface area contributed by atoms with Crippen molar-refractivity contribution in [3.05, 3.63) is 70.5 Å². The predicted octanol–water partition coefficient (Wildman–Crippen LogP) is 3.00. The second kappa shape index (κ2) is 5.29. The number of benzene rings is 2. The van der Waals surface area contributed by atoms with Crippen molar-refractivity contribution >= 4 is 0 Å². The molecule has 2 aromatic rings. The third-order valence-corrected chi connectivity index (χ3v) is 3.22. The van der Waals surface area contributed by atoms with Crippen LogP contribution in [0.4, 0.5) is 4.39 Å². The second-order valence-electron chi connectivity index (χ2n) is 4.46. The summed E-state index contributed by atoms with van der Waals surface area (Å²) in [5.41, 5.74) is 6.85. The van der Waals surface area contributed by atoms with Gasteiger partial charge < -0.3 is 0 Å². The van der Waals surface area contributed by atoms with E-state index in [4.69, 9.17) is 5.84 Å². The van der Waals surface area contributed by atoms with Crippen LogP contribution in [0.1, 0.15) is 28.3 Å². The van der Waals surface area contributed by atoms with Crippen LogP contribution in [0.5, 0.6) is 0 Å². The summed E-state index contributed by atoms with van der Waals surface area (Å²) >= 11 is 0. The largest absolute Gasteiger partial charge is 0.271 e. The molecular formula is C15H17FN2. The average Bonchev–Trinajstić information content (AvgIpc) is 2.36. The van der Waals surface area contributed by atoms with Crippen LogP contribution in [0.3, 0.4) is 0 Å². The predicted molar refractivity (Wildman–Crippen MR) is 71.5 cm³/mol. The van der Waals surface area contributed by atoms with Gasteiger partial charge in [0.2, 0.25) is 0 Å². The molecule has 2 nitrogen and oxygen atoms in total. The highest BCUT2D eigenvalue weighted by Crippen LogP contribution is 2.27. The van der Waals surface area contributed by atoms with Crippen LogP contribution in [-0.4, -0.2) is 0 Å². The maximum Gasteiger partial charge on any atom is 0.123 e. The number of halogens is 1. The number of nitrogens with two attached hydrogens (primary N) is 1. The highest BCUT2D eigenvalue weighted by molar-refractivity contribution is 5.40. The van der Waals surface area contributed by atoms with Crippen molar-refractivity contribution in [2.24, 2.45) is 5.84 Å². The molecule has 1 atom stereocenters. The minimum Gasteiger partial charge on any atom is -0.271 e. The van der Waals surface area contributed by atoms with E-state index in [0.29, 0.717) is 0 Å². The Kier molecular flexibility index (Phi) is 3.75. The van der Waals surface area contributed by atoms with E-state index >= 15 is 0 Å². The SMILES string of the molecule is Cc1ccccc1C(NN)c1cc(F)ccc1C. The fraction of sp³-hybridized carbons (Fsp3) is 0.200. The molecule has 0 saturated carbocycles. The molecule has 0 fully saturated rings. The lowest BCUT2D eigenvalue weighted by Gasteiger charge is -2.21. The molecule has 0 saturated heterocycles. The van der Waals surface area contributed by atoms with Gasteiger partial charge in [-0.3, -0.25) is 5.84 Å². The Morgan fingerprint density at radius 1 is 1.00 bits per heavy atom. The minimum atomic E-state index is -0.246. The van der Waals surface area contributed by atoms with Crippen LogP contribution < -0.4 is 11.3 Å². The van der Waals surface area contributed by atoms with Gasteiger partial charge in [0, 0.05) is 0 Å². The van der Waals surface area contributed by atoms with Gasteiger partial charge >= 0.3 is 0 Å². The Balaban J connectivity index is 2.52. The van der Waals surface area contributed by atoms with Gasteiger partial charge in [-0.25, -0.2) is 9.82 Å². The van der Waals surface area contributed by atoms with Gasteiger partial charge in [0.15, 0.2) is 0 Å². The number of hydrogen-bond donors (Lipinski definition) is 2. The van der Waals surface area contributed by atoms with E-state index in [-0.39, 0.29) is 11.9 Å². The number of hydrogen-bond acceptors (Lipinski definition) is 2. The highest BCUT2D eigenvalue weighted by Gasteiger charge is 2.16. The van der Waals surface area contributed by atoms with E-state index in [0.717, 1.165) is 22.3 Å². The quantitative estimate of drug-likeness (QED) is 0.643. The van der Waals surface area contributed by atoms with Crippen LogP contribution in [0.2, 0.25) is 0 Å². The van der Waals surface area contributed by atoms with Gasteiger partial charge in [0.25, 0.3) is 0 Å². The van der Waals surface area contributed by atoms with Crippen molar-refractivity contribution < 1.29 is 4.39 Å². The molecule has 0 aliphatic rings. The van der Waals surface area contributed by atoms with Crippen LogP contribution in [0, 0.1) is 19.7 Å². The Labute approximate surface area is 107 Å². The first kappa shape index (κ1) is 12.7. The van der Waals surface area contributed by atoms with Crippen molar-refractivity contribution in [1.82, 2.24) is 5.43 Å². The minimum absolute atomic E-state index is 0.193. The molecule has 0 amide bonds. The van der Waals surface area contributed by atoms with E-state index in [1.807, 2.05) is 38.1 Å². The van der Waals surface area contributed by atoms with Crippen molar-refractivity contribution in [3.63, 3.8) is 0 Å². The Morgan fingerprint density at radius 3 is 2.33 bits per heavy atom. The summed E-state index contributed by atoms with van der Waals surface area (Å²) in [5, 5.41) is 0. The topological polar surface area (TPSA) is 38.0 Å². The van der Waals surface area contributed by atoms with E-state index in [2.05, 4.69) is 5.43 Å². The number of nitrogens with one attached hydrogen (secondary N) is 1. The summed E-state index contributed by atoms with van der Waals surface area (Å²) in [7, 11) is 0. The average molecular weight is 244 g/mol. The first-order valence-corrected chi connectivity index (χ1v) is 5.91. The third kappa shape index (κ3) is 2.42. The zero-order valence-corrected chi connectivity index (χ0v) is 10.6. The Morgan fingerprint density at radius 2 is 1.67 bits per heavy atom. The van der Waals surface area contributed by atoms with Gasteiger partial charge in [0.1, 0.15) is 5.82 Å². The molecule has 94 valence electrons. The van der Waals surface area contributed by atoms with Gasteiger partial charge in [0.05, 0.1) is 6.04 Å². The van der Waals surface area contributed by atoms with Crippen LogP contribution in [0.25, 0.3) is 0 Å². The van der Waals surface area contributed by atoms with Gasteiger partial charge in [-0.15, -0.1) is 0 Å². The third-order valence-electron chi connectivity index (χ3n) is 3.22. The molecule has 18 heavy (non-hydrogen) atoms. The molecule has 0 aliphatic heterocycles. The number of rotatable bonds is 3. The molecule has 2 rings (SSSR count). The first-order valence-electron chi connectivity index (χ1n) is 5.91. The molecule has 0 spiro atoms. The summed E-state index contributed by atoms with van der Waals surface area (Å²) in [5.74, 6) is 5.41. The molecule has 0 radical (unpaired) electrons. The zero-order chi connectivity index (χ0) is 13.1. The van der Waals surface area contributed by atoms with Crippen molar-refractivity contribution in [1.29, 1.82) is 0 Å². The van der Waals surface area contributed by atoms with Gasteiger partial charge in [-0.2, -0.15) is 0 Å². The van der Waals surface area contributed by atoms with E-state index in [9.17, 15) is 4.39 Å². The summed E-state index contributed by atoms with van der Waals surface area (Å²) in [6.45, 7) is 3.98. The molecule has 2 aromatic carbocycles. The zero-order valence-electron chi connectivity index (χ0n) is 10.6. The van der Waals surface area contributed by atoms with Crippen molar-refractivity contribution in [2.45, 2.75) is 19.9 Å². The molecule has 0 heterocycles.